The van der Waals surface area contributed by atoms with Gasteiger partial charge < -0.3 is 10.2 Å². The molecule has 1 atom stereocenters. The number of nitriles is 1. The first-order valence-corrected chi connectivity index (χ1v) is 8.19. The van der Waals surface area contributed by atoms with Crippen molar-refractivity contribution in [3.05, 3.63) is 45.1 Å². The molecule has 3 aliphatic rings. The SMILES string of the molecule is Cc1cc2c(cc1C)N1C(Cl)=C3CCCCC3=C(C#N)C1N2. The highest BCUT2D eigenvalue weighted by Gasteiger charge is 2.41. The van der Waals surface area contributed by atoms with Gasteiger partial charge in [-0.2, -0.15) is 5.26 Å². The Labute approximate surface area is 135 Å². The fourth-order valence-corrected chi connectivity index (χ4v) is 4.15. The van der Waals surface area contributed by atoms with Gasteiger partial charge in [0.1, 0.15) is 11.3 Å². The van der Waals surface area contributed by atoms with E-state index in [9.17, 15) is 5.26 Å². The van der Waals surface area contributed by atoms with Crippen molar-refractivity contribution >= 4 is 23.0 Å². The van der Waals surface area contributed by atoms with Crippen LogP contribution in [0.5, 0.6) is 0 Å². The van der Waals surface area contributed by atoms with Gasteiger partial charge in [-0.3, -0.25) is 0 Å². The van der Waals surface area contributed by atoms with Crippen molar-refractivity contribution in [1.29, 1.82) is 5.26 Å². The molecular formula is C18H18ClN3. The molecule has 0 amide bonds. The molecule has 0 bridgehead atoms. The Morgan fingerprint density at radius 2 is 1.86 bits per heavy atom. The molecule has 2 heterocycles. The van der Waals surface area contributed by atoms with Gasteiger partial charge in [0.2, 0.25) is 0 Å². The highest BCUT2D eigenvalue weighted by atomic mass is 35.5. The lowest BCUT2D eigenvalue weighted by Crippen LogP contribution is -2.39. The third-order valence-corrected chi connectivity index (χ3v) is 5.48. The zero-order valence-electron chi connectivity index (χ0n) is 12.8. The first kappa shape index (κ1) is 13.7. The summed E-state index contributed by atoms with van der Waals surface area (Å²) in [5.41, 5.74) is 7.83. The minimum Gasteiger partial charge on any atom is -0.359 e. The summed E-state index contributed by atoms with van der Waals surface area (Å²) in [5, 5.41) is 14.0. The molecule has 1 aromatic rings. The number of hydrogen-bond acceptors (Lipinski definition) is 3. The van der Waals surface area contributed by atoms with E-state index in [-0.39, 0.29) is 6.17 Å². The Kier molecular flexibility index (Phi) is 2.99. The molecule has 2 aliphatic heterocycles. The van der Waals surface area contributed by atoms with E-state index >= 15 is 0 Å². The summed E-state index contributed by atoms with van der Waals surface area (Å²) in [4.78, 5) is 2.10. The third-order valence-electron chi connectivity index (χ3n) is 5.07. The van der Waals surface area contributed by atoms with Crippen LogP contribution in [0.1, 0.15) is 36.8 Å². The minimum absolute atomic E-state index is 0.148. The third kappa shape index (κ3) is 1.74. The Morgan fingerprint density at radius 1 is 1.18 bits per heavy atom. The molecule has 0 spiro atoms. The van der Waals surface area contributed by atoms with Crippen LogP contribution in [-0.4, -0.2) is 6.17 Å². The second-order valence-electron chi connectivity index (χ2n) is 6.35. The fraction of sp³-hybridized carbons (Fsp3) is 0.389. The van der Waals surface area contributed by atoms with Crippen molar-refractivity contribution in [3.8, 4) is 6.07 Å². The zero-order valence-corrected chi connectivity index (χ0v) is 13.6. The Hall–Kier alpha value is -1.92. The number of aryl methyl sites for hydroxylation is 2. The second-order valence-corrected chi connectivity index (χ2v) is 6.71. The zero-order chi connectivity index (χ0) is 15.4. The average Bonchev–Trinajstić information content (AvgIpc) is 2.87. The predicted octanol–water partition coefficient (Wildman–Crippen LogP) is 4.72. The van der Waals surface area contributed by atoms with Gasteiger partial charge in [-0.05, 0) is 73.9 Å². The number of nitrogens with zero attached hydrogens (tertiary/aromatic N) is 2. The molecule has 3 nitrogen and oxygen atoms in total. The normalized spacial score (nSPS) is 22.8. The molecule has 0 radical (unpaired) electrons. The van der Waals surface area contributed by atoms with Crippen LogP contribution in [-0.2, 0) is 0 Å². The largest absolute Gasteiger partial charge is 0.359 e. The molecule has 22 heavy (non-hydrogen) atoms. The number of halogens is 1. The number of hydrogen-bond donors (Lipinski definition) is 1. The molecule has 112 valence electrons. The van der Waals surface area contributed by atoms with Gasteiger partial charge in [0, 0.05) is 0 Å². The van der Waals surface area contributed by atoms with Crippen LogP contribution in [0, 0.1) is 25.2 Å². The molecule has 1 unspecified atom stereocenters. The van der Waals surface area contributed by atoms with E-state index in [0.717, 1.165) is 47.8 Å². The summed E-state index contributed by atoms with van der Waals surface area (Å²) in [6.07, 6.45) is 4.09. The van der Waals surface area contributed by atoms with Crippen LogP contribution in [0.4, 0.5) is 11.4 Å². The average molecular weight is 312 g/mol. The lowest BCUT2D eigenvalue weighted by Gasteiger charge is -2.36. The number of nitrogens with one attached hydrogen (secondary N) is 1. The van der Waals surface area contributed by atoms with E-state index in [0.29, 0.717) is 0 Å². The fourth-order valence-electron chi connectivity index (χ4n) is 3.76. The van der Waals surface area contributed by atoms with Crippen molar-refractivity contribution in [1.82, 2.24) is 0 Å². The molecule has 4 heteroatoms. The van der Waals surface area contributed by atoms with Crippen LogP contribution in [0.25, 0.3) is 0 Å². The van der Waals surface area contributed by atoms with E-state index in [2.05, 4.69) is 42.3 Å². The van der Waals surface area contributed by atoms with Gasteiger partial charge >= 0.3 is 0 Å². The van der Waals surface area contributed by atoms with Gasteiger partial charge in [-0.1, -0.05) is 11.6 Å². The maximum Gasteiger partial charge on any atom is 0.141 e. The van der Waals surface area contributed by atoms with Crippen LogP contribution < -0.4 is 10.2 Å². The minimum atomic E-state index is -0.148. The van der Waals surface area contributed by atoms with Gasteiger partial charge in [0.05, 0.1) is 23.0 Å². The van der Waals surface area contributed by atoms with Crippen LogP contribution in [0.2, 0.25) is 0 Å². The standard InChI is InChI=1S/C18H18ClN3/c1-10-7-15-16(8-11(10)2)22-17(19)13-6-4-3-5-12(13)14(9-20)18(22)21-15/h7-8,18,21H,3-6H2,1-2H3. The van der Waals surface area contributed by atoms with Crippen molar-refractivity contribution in [2.45, 2.75) is 45.7 Å². The summed E-state index contributed by atoms with van der Waals surface area (Å²) >= 11 is 6.76. The number of allylic oxidation sites excluding steroid dienone is 2. The van der Waals surface area contributed by atoms with Gasteiger partial charge in [0.25, 0.3) is 0 Å². The van der Waals surface area contributed by atoms with Crippen molar-refractivity contribution in [2.75, 3.05) is 10.2 Å². The maximum absolute atomic E-state index is 9.71. The predicted molar refractivity (Wildman–Crippen MR) is 89.8 cm³/mol. The molecule has 4 rings (SSSR count). The molecule has 1 N–H and O–H groups in total. The van der Waals surface area contributed by atoms with E-state index in [1.807, 2.05) is 0 Å². The van der Waals surface area contributed by atoms with E-state index < -0.39 is 0 Å². The number of fused-ring (bicyclic) bond motifs is 4. The van der Waals surface area contributed by atoms with Gasteiger partial charge in [-0.15, -0.1) is 0 Å². The molecule has 1 aliphatic carbocycles. The van der Waals surface area contributed by atoms with Crippen LogP contribution >= 0.6 is 11.6 Å². The van der Waals surface area contributed by atoms with E-state index in [1.165, 1.54) is 22.3 Å². The summed E-state index contributed by atoms with van der Waals surface area (Å²) in [6.45, 7) is 4.22. The first-order valence-electron chi connectivity index (χ1n) is 7.81. The topological polar surface area (TPSA) is 39.1 Å². The molecule has 1 fully saturated rings. The molecular weight excluding hydrogens is 294 g/mol. The number of benzene rings is 1. The van der Waals surface area contributed by atoms with Gasteiger partial charge in [-0.25, -0.2) is 0 Å². The van der Waals surface area contributed by atoms with Crippen molar-refractivity contribution in [2.24, 2.45) is 0 Å². The summed E-state index contributed by atoms with van der Waals surface area (Å²) in [6, 6.07) is 6.77. The molecule has 0 saturated heterocycles. The molecule has 1 saturated carbocycles. The van der Waals surface area contributed by atoms with E-state index in [1.54, 1.807) is 0 Å². The van der Waals surface area contributed by atoms with E-state index in [4.69, 9.17) is 11.6 Å². The van der Waals surface area contributed by atoms with Gasteiger partial charge in [0.15, 0.2) is 0 Å². The number of anilines is 2. The summed E-state index contributed by atoms with van der Waals surface area (Å²) in [7, 11) is 0. The Bertz CT molecular complexity index is 782. The number of rotatable bonds is 0. The summed E-state index contributed by atoms with van der Waals surface area (Å²) < 4.78 is 0. The Morgan fingerprint density at radius 3 is 2.59 bits per heavy atom. The molecule has 0 aromatic heterocycles. The summed E-state index contributed by atoms with van der Waals surface area (Å²) in [5.74, 6) is 0. The quantitative estimate of drug-likeness (QED) is 0.705. The Balaban J connectivity index is 1.93. The van der Waals surface area contributed by atoms with Crippen LogP contribution in [0.3, 0.4) is 0 Å². The highest BCUT2D eigenvalue weighted by Crippen LogP contribution is 2.49. The first-order chi connectivity index (χ1) is 10.6. The lowest BCUT2D eigenvalue weighted by atomic mass is 9.84. The van der Waals surface area contributed by atoms with Crippen LogP contribution in [0.15, 0.2) is 34.0 Å². The lowest BCUT2D eigenvalue weighted by molar-refractivity contribution is 0.650. The van der Waals surface area contributed by atoms with Crippen molar-refractivity contribution < 1.29 is 0 Å². The smallest absolute Gasteiger partial charge is 0.141 e. The maximum atomic E-state index is 9.71. The van der Waals surface area contributed by atoms with Crippen molar-refractivity contribution in [3.63, 3.8) is 0 Å². The monoisotopic (exact) mass is 311 g/mol. The second kappa shape index (κ2) is 4.79. The highest BCUT2D eigenvalue weighted by molar-refractivity contribution is 6.32. The molecule has 1 aromatic carbocycles.